The number of amides is 1. The minimum Gasteiger partial charge on any atom is -0.340 e. The third-order valence-electron chi connectivity index (χ3n) is 3.39. The molecule has 1 fully saturated rings. The predicted octanol–water partition coefficient (Wildman–Crippen LogP) is 0.963. The van der Waals surface area contributed by atoms with Crippen molar-refractivity contribution in [3.63, 3.8) is 0 Å². The third kappa shape index (κ3) is 3.43. The lowest BCUT2D eigenvalue weighted by atomic mass is 10.2. The second-order valence-electron chi connectivity index (χ2n) is 5.11. The van der Waals surface area contributed by atoms with Crippen LogP contribution in [-0.4, -0.2) is 51.4 Å². The normalized spacial score (nSPS) is 18.7. The van der Waals surface area contributed by atoms with E-state index in [0.717, 1.165) is 36.0 Å². The van der Waals surface area contributed by atoms with Crippen LogP contribution in [0.4, 0.5) is 0 Å². The van der Waals surface area contributed by atoms with Gasteiger partial charge in [0.25, 0.3) is 0 Å². The molecule has 21 heavy (non-hydrogen) atoms. The predicted molar refractivity (Wildman–Crippen MR) is 80.9 cm³/mol. The van der Waals surface area contributed by atoms with Crippen LogP contribution in [0.3, 0.4) is 0 Å². The summed E-state index contributed by atoms with van der Waals surface area (Å²) in [5.41, 5.74) is 1.55. The van der Waals surface area contributed by atoms with Crippen molar-refractivity contribution in [2.45, 2.75) is 19.4 Å². The standard InChI is InChI=1S/C14H17N5OS/c1-10-8-19(5-4-16-10)13(20)6-11-9-21-14(18-11)12-7-15-2-3-17-12/h2-3,7,9-10,16H,4-6,8H2,1H3/t10-/m1/s1. The van der Waals surface area contributed by atoms with Crippen molar-refractivity contribution in [1.29, 1.82) is 0 Å². The van der Waals surface area contributed by atoms with Gasteiger partial charge in [-0.15, -0.1) is 11.3 Å². The molecule has 0 spiro atoms. The highest BCUT2D eigenvalue weighted by atomic mass is 32.1. The topological polar surface area (TPSA) is 71.0 Å². The van der Waals surface area contributed by atoms with Gasteiger partial charge in [-0.05, 0) is 6.92 Å². The molecule has 1 amide bonds. The first-order valence-electron chi connectivity index (χ1n) is 6.94. The first kappa shape index (κ1) is 14.1. The lowest BCUT2D eigenvalue weighted by Crippen LogP contribution is -2.51. The van der Waals surface area contributed by atoms with Crippen LogP contribution in [0, 0.1) is 0 Å². The molecule has 0 saturated carbocycles. The van der Waals surface area contributed by atoms with E-state index in [4.69, 9.17) is 0 Å². The zero-order chi connectivity index (χ0) is 14.7. The zero-order valence-electron chi connectivity index (χ0n) is 11.8. The monoisotopic (exact) mass is 303 g/mol. The molecule has 110 valence electrons. The van der Waals surface area contributed by atoms with Gasteiger partial charge in [0.05, 0.1) is 18.3 Å². The van der Waals surface area contributed by atoms with Gasteiger partial charge in [-0.25, -0.2) is 4.98 Å². The molecule has 2 aromatic rings. The molecule has 6 nitrogen and oxygen atoms in total. The molecule has 1 N–H and O–H groups in total. The molecule has 0 unspecified atom stereocenters. The number of piperazine rings is 1. The van der Waals surface area contributed by atoms with Gasteiger partial charge in [-0.2, -0.15) is 0 Å². The van der Waals surface area contributed by atoms with Crippen molar-refractivity contribution in [2.75, 3.05) is 19.6 Å². The smallest absolute Gasteiger partial charge is 0.228 e. The number of hydrogen-bond donors (Lipinski definition) is 1. The maximum Gasteiger partial charge on any atom is 0.228 e. The van der Waals surface area contributed by atoms with Crippen molar-refractivity contribution < 1.29 is 4.79 Å². The van der Waals surface area contributed by atoms with E-state index in [0.29, 0.717) is 12.5 Å². The van der Waals surface area contributed by atoms with E-state index in [2.05, 4.69) is 27.2 Å². The molecule has 1 aliphatic rings. The third-order valence-corrected chi connectivity index (χ3v) is 4.30. The van der Waals surface area contributed by atoms with Crippen LogP contribution in [0.5, 0.6) is 0 Å². The Balaban J connectivity index is 1.66. The number of hydrogen-bond acceptors (Lipinski definition) is 6. The lowest BCUT2D eigenvalue weighted by molar-refractivity contribution is -0.131. The van der Waals surface area contributed by atoms with Crippen molar-refractivity contribution in [1.82, 2.24) is 25.2 Å². The molecular formula is C14H17N5OS. The summed E-state index contributed by atoms with van der Waals surface area (Å²) in [6.07, 6.45) is 5.31. The summed E-state index contributed by atoms with van der Waals surface area (Å²) in [5.74, 6) is 0.138. The maximum absolute atomic E-state index is 12.3. The van der Waals surface area contributed by atoms with E-state index < -0.39 is 0 Å². The van der Waals surface area contributed by atoms with Crippen molar-refractivity contribution in [3.05, 3.63) is 29.7 Å². The van der Waals surface area contributed by atoms with E-state index in [1.165, 1.54) is 11.3 Å². The van der Waals surface area contributed by atoms with Crippen LogP contribution >= 0.6 is 11.3 Å². The van der Waals surface area contributed by atoms with Gasteiger partial charge < -0.3 is 10.2 Å². The van der Waals surface area contributed by atoms with Crippen molar-refractivity contribution in [3.8, 4) is 10.7 Å². The minimum atomic E-state index is 0.138. The van der Waals surface area contributed by atoms with Gasteiger partial charge >= 0.3 is 0 Å². The highest BCUT2D eigenvalue weighted by Gasteiger charge is 2.21. The summed E-state index contributed by atoms with van der Waals surface area (Å²) in [6.45, 7) is 4.48. The average Bonchev–Trinajstić information content (AvgIpc) is 2.97. The molecule has 0 bridgehead atoms. The quantitative estimate of drug-likeness (QED) is 0.914. The lowest BCUT2D eigenvalue weighted by Gasteiger charge is -2.31. The van der Waals surface area contributed by atoms with E-state index >= 15 is 0 Å². The molecule has 1 atom stereocenters. The van der Waals surface area contributed by atoms with Gasteiger partial charge in [-0.1, -0.05) is 0 Å². The summed E-state index contributed by atoms with van der Waals surface area (Å²) in [4.78, 5) is 26.9. The van der Waals surface area contributed by atoms with Crippen LogP contribution in [0.2, 0.25) is 0 Å². The number of carbonyl (C=O) groups is 1. The number of rotatable bonds is 3. The fourth-order valence-corrected chi connectivity index (χ4v) is 3.12. The molecule has 1 saturated heterocycles. The second kappa shape index (κ2) is 6.28. The Labute approximate surface area is 127 Å². The summed E-state index contributed by atoms with van der Waals surface area (Å²) in [7, 11) is 0. The van der Waals surface area contributed by atoms with Gasteiger partial charge in [0, 0.05) is 43.4 Å². The molecule has 3 heterocycles. The Morgan fingerprint density at radius 3 is 3.19 bits per heavy atom. The second-order valence-corrected chi connectivity index (χ2v) is 5.96. The summed E-state index contributed by atoms with van der Waals surface area (Å²) < 4.78 is 0. The number of aromatic nitrogens is 3. The zero-order valence-corrected chi connectivity index (χ0v) is 12.6. The number of nitrogens with one attached hydrogen (secondary N) is 1. The Morgan fingerprint density at radius 2 is 2.43 bits per heavy atom. The van der Waals surface area contributed by atoms with Crippen molar-refractivity contribution in [2.24, 2.45) is 0 Å². The van der Waals surface area contributed by atoms with E-state index in [1.54, 1.807) is 18.6 Å². The van der Waals surface area contributed by atoms with Crippen LogP contribution in [0.25, 0.3) is 10.7 Å². The fraction of sp³-hybridized carbons (Fsp3) is 0.429. The molecular weight excluding hydrogens is 286 g/mol. The largest absolute Gasteiger partial charge is 0.340 e. The van der Waals surface area contributed by atoms with E-state index in [9.17, 15) is 4.79 Å². The molecule has 0 radical (unpaired) electrons. The van der Waals surface area contributed by atoms with Gasteiger partial charge in [-0.3, -0.25) is 14.8 Å². The maximum atomic E-state index is 12.3. The Kier molecular flexibility index (Phi) is 4.21. The van der Waals surface area contributed by atoms with Crippen LogP contribution < -0.4 is 5.32 Å². The van der Waals surface area contributed by atoms with Gasteiger partial charge in [0.15, 0.2) is 0 Å². The van der Waals surface area contributed by atoms with Crippen molar-refractivity contribution >= 4 is 17.2 Å². The van der Waals surface area contributed by atoms with Gasteiger partial charge in [0.1, 0.15) is 10.7 Å². The first-order valence-corrected chi connectivity index (χ1v) is 7.82. The van der Waals surface area contributed by atoms with Crippen LogP contribution in [-0.2, 0) is 11.2 Å². The highest BCUT2D eigenvalue weighted by Crippen LogP contribution is 2.21. The number of thiazole rings is 1. The van der Waals surface area contributed by atoms with Crippen LogP contribution in [0.15, 0.2) is 24.0 Å². The fourth-order valence-electron chi connectivity index (χ4n) is 2.34. The van der Waals surface area contributed by atoms with E-state index in [1.807, 2.05) is 10.3 Å². The molecule has 0 aliphatic carbocycles. The summed E-state index contributed by atoms with van der Waals surface area (Å²) >= 11 is 1.50. The Morgan fingerprint density at radius 1 is 1.52 bits per heavy atom. The van der Waals surface area contributed by atoms with Gasteiger partial charge in [0.2, 0.25) is 5.91 Å². The minimum absolute atomic E-state index is 0.138. The molecule has 3 rings (SSSR count). The number of nitrogens with zero attached hydrogens (tertiary/aromatic N) is 4. The molecule has 2 aromatic heterocycles. The first-order chi connectivity index (χ1) is 10.2. The summed E-state index contributed by atoms with van der Waals surface area (Å²) in [5, 5.41) is 6.06. The molecule has 0 aromatic carbocycles. The average molecular weight is 303 g/mol. The number of carbonyl (C=O) groups excluding carboxylic acids is 1. The molecule has 1 aliphatic heterocycles. The highest BCUT2D eigenvalue weighted by molar-refractivity contribution is 7.13. The Hall–Kier alpha value is -1.86. The van der Waals surface area contributed by atoms with Crippen LogP contribution in [0.1, 0.15) is 12.6 Å². The summed E-state index contributed by atoms with van der Waals surface area (Å²) in [6, 6.07) is 0.355. The van der Waals surface area contributed by atoms with E-state index in [-0.39, 0.29) is 5.91 Å². The Bertz CT molecular complexity index is 615. The SMILES string of the molecule is C[C@@H]1CN(C(=O)Cc2csc(-c3cnccn3)n2)CCN1. The molecule has 7 heteroatoms.